The molecule has 0 saturated heterocycles. The number of rotatable bonds is 6. The van der Waals surface area contributed by atoms with Gasteiger partial charge in [0, 0.05) is 11.8 Å². The van der Waals surface area contributed by atoms with Gasteiger partial charge in [-0.05, 0) is 38.1 Å². The number of carbonyl (C=O) groups excluding carboxylic acids is 1. The fourth-order valence-corrected chi connectivity index (χ4v) is 3.59. The summed E-state index contributed by atoms with van der Waals surface area (Å²) in [5.41, 5.74) is 2.20. The molecule has 9 heteroatoms. The van der Waals surface area contributed by atoms with Crippen LogP contribution in [0.4, 0.5) is 10.2 Å². The number of halogens is 1. The van der Waals surface area contributed by atoms with E-state index < -0.39 is 5.82 Å². The SMILES string of the molecule is Cc1ccc(-n2c(SCC(=O)Nc3cc(C)on3)nnc2-c2ccccc2F)cc1. The molecule has 0 spiro atoms. The van der Waals surface area contributed by atoms with Crippen LogP contribution in [-0.4, -0.2) is 31.6 Å². The van der Waals surface area contributed by atoms with E-state index in [9.17, 15) is 9.18 Å². The predicted molar refractivity (Wildman–Crippen MR) is 112 cm³/mol. The molecule has 4 aromatic rings. The molecule has 2 heterocycles. The minimum atomic E-state index is -0.394. The molecule has 30 heavy (non-hydrogen) atoms. The van der Waals surface area contributed by atoms with E-state index in [-0.39, 0.29) is 11.7 Å². The number of carbonyl (C=O) groups is 1. The van der Waals surface area contributed by atoms with Gasteiger partial charge in [-0.3, -0.25) is 9.36 Å². The minimum absolute atomic E-state index is 0.0766. The average molecular weight is 423 g/mol. The summed E-state index contributed by atoms with van der Waals surface area (Å²) in [6.07, 6.45) is 0. The molecule has 152 valence electrons. The molecule has 0 unspecified atom stereocenters. The molecular weight excluding hydrogens is 405 g/mol. The first kappa shape index (κ1) is 19.8. The molecule has 0 fully saturated rings. The number of thioether (sulfide) groups is 1. The highest BCUT2D eigenvalue weighted by Crippen LogP contribution is 2.29. The Kier molecular flexibility index (Phi) is 5.62. The highest BCUT2D eigenvalue weighted by Gasteiger charge is 2.19. The number of hydrogen-bond donors (Lipinski definition) is 1. The molecular formula is C21H18FN5O2S. The molecule has 0 aliphatic heterocycles. The first-order chi connectivity index (χ1) is 14.5. The predicted octanol–water partition coefficient (Wildman–Crippen LogP) is 4.41. The Labute approximate surface area is 176 Å². The van der Waals surface area contributed by atoms with Crippen molar-refractivity contribution < 1.29 is 13.7 Å². The second-order valence-corrected chi connectivity index (χ2v) is 7.56. The highest BCUT2D eigenvalue weighted by molar-refractivity contribution is 7.99. The van der Waals surface area contributed by atoms with Crippen LogP contribution in [0.2, 0.25) is 0 Å². The van der Waals surface area contributed by atoms with E-state index in [0.717, 1.165) is 11.3 Å². The third-order valence-electron chi connectivity index (χ3n) is 4.27. The Bertz CT molecular complexity index is 1190. The van der Waals surface area contributed by atoms with Crippen molar-refractivity contribution in [1.29, 1.82) is 0 Å². The van der Waals surface area contributed by atoms with Crippen LogP contribution in [0.15, 0.2) is 64.3 Å². The summed E-state index contributed by atoms with van der Waals surface area (Å²) < 4.78 is 21.1. The van der Waals surface area contributed by atoms with Gasteiger partial charge in [-0.1, -0.05) is 46.7 Å². The lowest BCUT2D eigenvalue weighted by molar-refractivity contribution is -0.113. The van der Waals surface area contributed by atoms with Gasteiger partial charge in [0.2, 0.25) is 5.91 Å². The van der Waals surface area contributed by atoms with Gasteiger partial charge in [-0.2, -0.15) is 0 Å². The van der Waals surface area contributed by atoms with Crippen LogP contribution in [0.3, 0.4) is 0 Å². The zero-order valence-corrected chi connectivity index (χ0v) is 17.1. The monoisotopic (exact) mass is 423 g/mol. The van der Waals surface area contributed by atoms with Crippen LogP contribution in [0, 0.1) is 19.7 Å². The summed E-state index contributed by atoms with van der Waals surface area (Å²) in [7, 11) is 0. The van der Waals surface area contributed by atoms with Crippen LogP contribution in [0.25, 0.3) is 17.1 Å². The topological polar surface area (TPSA) is 85.8 Å². The van der Waals surface area contributed by atoms with Crippen LogP contribution in [-0.2, 0) is 4.79 Å². The minimum Gasteiger partial charge on any atom is -0.360 e. The van der Waals surface area contributed by atoms with Crippen molar-refractivity contribution in [3.05, 3.63) is 71.7 Å². The van der Waals surface area contributed by atoms with Crippen molar-refractivity contribution in [1.82, 2.24) is 19.9 Å². The van der Waals surface area contributed by atoms with Crippen molar-refractivity contribution >= 4 is 23.5 Å². The summed E-state index contributed by atoms with van der Waals surface area (Å²) >= 11 is 1.20. The van der Waals surface area contributed by atoms with E-state index in [1.807, 2.05) is 31.2 Å². The summed E-state index contributed by atoms with van der Waals surface area (Å²) in [5.74, 6) is 0.740. The number of hydrogen-bond acceptors (Lipinski definition) is 6. The third kappa shape index (κ3) is 4.25. The highest BCUT2D eigenvalue weighted by atomic mass is 32.2. The number of aryl methyl sites for hydroxylation is 2. The van der Waals surface area contributed by atoms with E-state index in [0.29, 0.717) is 28.1 Å². The summed E-state index contributed by atoms with van der Waals surface area (Å²) in [5, 5.41) is 15.3. The zero-order chi connectivity index (χ0) is 21.1. The Morgan fingerprint density at radius 2 is 1.90 bits per heavy atom. The van der Waals surface area contributed by atoms with Crippen molar-refractivity contribution in [2.45, 2.75) is 19.0 Å². The molecule has 0 aliphatic carbocycles. The molecule has 0 aliphatic rings. The summed E-state index contributed by atoms with van der Waals surface area (Å²) in [6.45, 7) is 3.73. The van der Waals surface area contributed by atoms with Crippen molar-refractivity contribution in [3.8, 4) is 17.1 Å². The lowest BCUT2D eigenvalue weighted by Gasteiger charge is -2.11. The maximum absolute atomic E-state index is 14.4. The molecule has 0 radical (unpaired) electrons. The van der Waals surface area contributed by atoms with Gasteiger partial charge in [-0.25, -0.2) is 4.39 Å². The molecule has 7 nitrogen and oxygen atoms in total. The molecule has 4 rings (SSSR count). The van der Waals surface area contributed by atoms with Crippen molar-refractivity contribution in [2.24, 2.45) is 0 Å². The number of nitrogens with one attached hydrogen (secondary N) is 1. The standard InChI is InChI=1S/C21H18FN5O2S/c1-13-7-9-15(10-8-13)27-20(16-5-3-4-6-17(16)22)24-25-21(27)30-12-19(28)23-18-11-14(2)29-26-18/h3-11H,12H2,1-2H3,(H,23,26,28). The fraction of sp³-hybridized carbons (Fsp3) is 0.143. The second-order valence-electron chi connectivity index (χ2n) is 6.62. The lowest BCUT2D eigenvalue weighted by atomic mass is 10.2. The lowest BCUT2D eigenvalue weighted by Crippen LogP contribution is -2.14. The molecule has 0 saturated carbocycles. The van der Waals surface area contributed by atoms with E-state index in [2.05, 4.69) is 20.7 Å². The van der Waals surface area contributed by atoms with Gasteiger partial charge in [0.25, 0.3) is 0 Å². The van der Waals surface area contributed by atoms with Gasteiger partial charge in [0.15, 0.2) is 16.8 Å². The van der Waals surface area contributed by atoms with Crippen LogP contribution in [0.1, 0.15) is 11.3 Å². The van der Waals surface area contributed by atoms with Gasteiger partial charge >= 0.3 is 0 Å². The molecule has 0 bridgehead atoms. The first-order valence-corrected chi connectivity index (χ1v) is 10.1. The third-order valence-corrected chi connectivity index (χ3v) is 5.20. The normalized spacial score (nSPS) is 10.9. The summed E-state index contributed by atoms with van der Waals surface area (Å²) in [4.78, 5) is 12.3. The van der Waals surface area contributed by atoms with Crippen LogP contribution < -0.4 is 5.32 Å². The average Bonchev–Trinajstić information content (AvgIpc) is 3.33. The largest absolute Gasteiger partial charge is 0.360 e. The number of amides is 1. The number of anilines is 1. The van der Waals surface area contributed by atoms with Gasteiger partial charge < -0.3 is 9.84 Å². The molecule has 2 aromatic heterocycles. The molecule has 0 atom stereocenters. The maximum Gasteiger partial charge on any atom is 0.236 e. The van der Waals surface area contributed by atoms with Gasteiger partial charge in [0.05, 0.1) is 11.3 Å². The second kappa shape index (κ2) is 8.50. The van der Waals surface area contributed by atoms with Gasteiger partial charge in [-0.15, -0.1) is 10.2 Å². The first-order valence-electron chi connectivity index (χ1n) is 9.14. The van der Waals surface area contributed by atoms with Gasteiger partial charge in [0.1, 0.15) is 11.6 Å². The Balaban J connectivity index is 1.63. The molecule has 1 N–H and O–H groups in total. The van der Waals surface area contributed by atoms with Crippen molar-refractivity contribution in [3.63, 3.8) is 0 Å². The van der Waals surface area contributed by atoms with E-state index in [4.69, 9.17) is 4.52 Å². The Morgan fingerprint density at radius 1 is 1.13 bits per heavy atom. The Hall–Kier alpha value is -3.46. The number of nitrogens with zero attached hydrogens (tertiary/aromatic N) is 4. The smallest absolute Gasteiger partial charge is 0.236 e. The molecule has 1 amide bonds. The molecule has 2 aromatic carbocycles. The maximum atomic E-state index is 14.4. The van der Waals surface area contributed by atoms with Crippen LogP contribution >= 0.6 is 11.8 Å². The number of benzene rings is 2. The fourth-order valence-electron chi connectivity index (χ4n) is 2.84. The quantitative estimate of drug-likeness (QED) is 0.463. The van der Waals surface area contributed by atoms with E-state index >= 15 is 0 Å². The summed E-state index contributed by atoms with van der Waals surface area (Å²) in [6, 6.07) is 15.7. The van der Waals surface area contributed by atoms with E-state index in [1.165, 1.54) is 17.8 Å². The number of aromatic nitrogens is 4. The van der Waals surface area contributed by atoms with Crippen molar-refractivity contribution in [2.75, 3.05) is 11.1 Å². The van der Waals surface area contributed by atoms with Crippen LogP contribution in [0.5, 0.6) is 0 Å². The zero-order valence-electron chi connectivity index (χ0n) is 16.3. The van der Waals surface area contributed by atoms with E-state index in [1.54, 1.807) is 35.8 Å². The Morgan fingerprint density at radius 3 is 2.60 bits per heavy atom.